The zero-order valence-corrected chi connectivity index (χ0v) is 10.1. The van der Waals surface area contributed by atoms with Crippen molar-refractivity contribution in [2.24, 2.45) is 0 Å². The van der Waals surface area contributed by atoms with Gasteiger partial charge in [-0.2, -0.15) is 4.98 Å². The number of nitrogens with one attached hydrogen (secondary N) is 1. The molecule has 1 aromatic heterocycles. The Labute approximate surface area is 106 Å². The van der Waals surface area contributed by atoms with Crippen molar-refractivity contribution in [2.75, 3.05) is 18.1 Å². The minimum Gasteiger partial charge on any atom is -0.373 e. The van der Waals surface area contributed by atoms with Crippen molar-refractivity contribution in [3.8, 4) is 0 Å². The molecule has 2 aromatic rings. The van der Waals surface area contributed by atoms with Crippen LogP contribution in [0.25, 0.3) is 5.57 Å². The number of aromatic nitrogens is 2. The van der Waals surface area contributed by atoms with Gasteiger partial charge in [0.1, 0.15) is 5.82 Å². The van der Waals surface area contributed by atoms with E-state index in [2.05, 4.69) is 39.6 Å². The van der Waals surface area contributed by atoms with Gasteiger partial charge in [0.2, 0.25) is 5.95 Å². The SMILES string of the molecule is CNc1cc(C2=CCc3ccccc32)nc(N)n1. The molecule has 0 atom stereocenters. The van der Waals surface area contributed by atoms with Gasteiger partial charge in [0.05, 0.1) is 5.69 Å². The smallest absolute Gasteiger partial charge is 0.222 e. The largest absolute Gasteiger partial charge is 0.373 e. The van der Waals surface area contributed by atoms with Gasteiger partial charge in [0.25, 0.3) is 0 Å². The molecule has 1 aliphatic carbocycles. The Kier molecular flexibility index (Phi) is 2.48. The second-order valence-corrected chi connectivity index (χ2v) is 4.23. The molecule has 1 heterocycles. The summed E-state index contributed by atoms with van der Waals surface area (Å²) in [5.74, 6) is 1.03. The Morgan fingerprint density at radius 3 is 2.89 bits per heavy atom. The maximum absolute atomic E-state index is 5.73. The van der Waals surface area contributed by atoms with Crippen molar-refractivity contribution >= 4 is 17.3 Å². The van der Waals surface area contributed by atoms with Gasteiger partial charge in [-0.15, -0.1) is 0 Å². The summed E-state index contributed by atoms with van der Waals surface area (Å²) in [4.78, 5) is 8.43. The highest BCUT2D eigenvalue weighted by Crippen LogP contribution is 2.32. The van der Waals surface area contributed by atoms with Crippen LogP contribution in [0.3, 0.4) is 0 Å². The molecule has 4 heteroatoms. The maximum atomic E-state index is 5.73. The molecule has 90 valence electrons. The van der Waals surface area contributed by atoms with Crippen LogP contribution in [0.4, 0.5) is 11.8 Å². The maximum Gasteiger partial charge on any atom is 0.222 e. The Balaban J connectivity index is 2.10. The molecule has 0 fully saturated rings. The number of anilines is 2. The van der Waals surface area contributed by atoms with Gasteiger partial charge >= 0.3 is 0 Å². The predicted molar refractivity (Wildman–Crippen MR) is 73.2 cm³/mol. The van der Waals surface area contributed by atoms with E-state index in [0.29, 0.717) is 5.95 Å². The van der Waals surface area contributed by atoms with E-state index in [1.807, 2.05) is 19.2 Å². The number of hydrogen-bond acceptors (Lipinski definition) is 4. The third-order valence-electron chi connectivity index (χ3n) is 3.11. The van der Waals surface area contributed by atoms with Crippen molar-refractivity contribution in [3.05, 3.63) is 53.2 Å². The molecule has 0 bridgehead atoms. The molecule has 0 saturated carbocycles. The highest BCUT2D eigenvalue weighted by Gasteiger charge is 2.16. The first-order valence-electron chi connectivity index (χ1n) is 5.89. The van der Waals surface area contributed by atoms with E-state index in [-0.39, 0.29) is 0 Å². The second kappa shape index (κ2) is 4.14. The molecule has 4 nitrogen and oxygen atoms in total. The molecule has 0 radical (unpaired) electrons. The van der Waals surface area contributed by atoms with Gasteiger partial charge in [-0.05, 0) is 17.5 Å². The molecule has 0 unspecified atom stereocenters. The van der Waals surface area contributed by atoms with E-state index in [1.54, 1.807) is 0 Å². The van der Waals surface area contributed by atoms with Crippen molar-refractivity contribution in [1.29, 1.82) is 0 Å². The number of allylic oxidation sites excluding steroid dienone is 1. The zero-order chi connectivity index (χ0) is 12.5. The molecule has 1 aliphatic rings. The normalized spacial score (nSPS) is 13.1. The monoisotopic (exact) mass is 238 g/mol. The Hall–Kier alpha value is -2.36. The van der Waals surface area contributed by atoms with Crippen LogP contribution >= 0.6 is 0 Å². The Morgan fingerprint density at radius 1 is 1.22 bits per heavy atom. The summed E-state index contributed by atoms with van der Waals surface area (Å²) in [5, 5.41) is 3.00. The molecule has 0 spiro atoms. The first-order chi connectivity index (χ1) is 8.78. The van der Waals surface area contributed by atoms with Crippen molar-refractivity contribution < 1.29 is 0 Å². The average molecular weight is 238 g/mol. The van der Waals surface area contributed by atoms with Crippen LogP contribution in [0.2, 0.25) is 0 Å². The van der Waals surface area contributed by atoms with Gasteiger partial charge in [0.15, 0.2) is 0 Å². The summed E-state index contributed by atoms with van der Waals surface area (Å²) in [6, 6.07) is 10.3. The van der Waals surface area contributed by atoms with E-state index in [9.17, 15) is 0 Å². The average Bonchev–Trinajstić information content (AvgIpc) is 2.81. The number of fused-ring (bicyclic) bond motifs is 1. The van der Waals surface area contributed by atoms with Gasteiger partial charge in [-0.1, -0.05) is 30.3 Å². The van der Waals surface area contributed by atoms with Gasteiger partial charge in [0, 0.05) is 18.7 Å². The number of benzene rings is 1. The van der Waals surface area contributed by atoms with E-state index < -0.39 is 0 Å². The van der Waals surface area contributed by atoms with E-state index >= 15 is 0 Å². The lowest BCUT2D eigenvalue weighted by molar-refractivity contribution is 1.15. The van der Waals surface area contributed by atoms with E-state index in [4.69, 9.17) is 5.73 Å². The zero-order valence-electron chi connectivity index (χ0n) is 10.1. The minimum absolute atomic E-state index is 0.294. The summed E-state index contributed by atoms with van der Waals surface area (Å²) in [7, 11) is 1.82. The third kappa shape index (κ3) is 1.72. The van der Waals surface area contributed by atoms with Crippen LogP contribution in [0.5, 0.6) is 0 Å². The third-order valence-corrected chi connectivity index (χ3v) is 3.11. The predicted octanol–water partition coefficient (Wildman–Crippen LogP) is 2.09. The van der Waals surface area contributed by atoms with Crippen LogP contribution in [0.15, 0.2) is 36.4 Å². The number of rotatable bonds is 2. The first kappa shape index (κ1) is 10.8. The molecule has 3 rings (SSSR count). The highest BCUT2D eigenvalue weighted by molar-refractivity contribution is 5.84. The number of nitrogen functional groups attached to an aromatic ring is 1. The van der Waals surface area contributed by atoms with Gasteiger partial charge in [-0.25, -0.2) is 4.98 Å². The molecule has 0 saturated heterocycles. The lowest BCUT2D eigenvalue weighted by atomic mass is 10.0. The van der Waals surface area contributed by atoms with Gasteiger partial charge in [-0.3, -0.25) is 0 Å². The van der Waals surface area contributed by atoms with Crippen LogP contribution in [0.1, 0.15) is 16.8 Å². The van der Waals surface area contributed by atoms with E-state index in [1.165, 1.54) is 11.1 Å². The molecule has 1 aromatic carbocycles. The quantitative estimate of drug-likeness (QED) is 0.840. The van der Waals surface area contributed by atoms with Crippen LogP contribution < -0.4 is 11.1 Å². The topological polar surface area (TPSA) is 63.8 Å². The lowest BCUT2D eigenvalue weighted by Crippen LogP contribution is -2.03. The summed E-state index contributed by atoms with van der Waals surface area (Å²) in [6.07, 6.45) is 3.14. The van der Waals surface area contributed by atoms with Crippen molar-refractivity contribution in [3.63, 3.8) is 0 Å². The summed E-state index contributed by atoms with van der Waals surface area (Å²) < 4.78 is 0. The highest BCUT2D eigenvalue weighted by atomic mass is 15.1. The second-order valence-electron chi connectivity index (χ2n) is 4.23. The minimum atomic E-state index is 0.294. The fourth-order valence-electron chi connectivity index (χ4n) is 2.26. The van der Waals surface area contributed by atoms with Crippen molar-refractivity contribution in [1.82, 2.24) is 9.97 Å². The summed E-state index contributed by atoms with van der Waals surface area (Å²) in [5.41, 5.74) is 10.3. The first-order valence-corrected chi connectivity index (χ1v) is 5.89. The van der Waals surface area contributed by atoms with Gasteiger partial charge < -0.3 is 11.1 Å². The van der Waals surface area contributed by atoms with Crippen LogP contribution in [-0.4, -0.2) is 17.0 Å². The lowest BCUT2D eigenvalue weighted by Gasteiger charge is -2.08. The van der Waals surface area contributed by atoms with E-state index in [0.717, 1.165) is 23.5 Å². The Morgan fingerprint density at radius 2 is 2.06 bits per heavy atom. The Bertz CT molecular complexity index is 631. The molecule has 0 aliphatic heterocycles. The van der Waals surface area contributed by atoms with Crippen LogP contribution in [-0.2, 0) is 6.42 Å². The summed E-state index contributed by atoms with van der Waals surface area (Å²) in [6.45, 7) is 0. The number of hydrogen-bond donors (Lipinski definition) is 2. The molecule has 3 N–H and O–H groups in total. The standard InChI is InChI=1S/C14H14N4/c1-16-13-8-12(17-14(15)18-13)11-7-6-9-4-2-3-5-10(9)11/h2-5,7-8H,6H2,1H3,(H3,15,16,17,18). The molecular formula is C14H14N4. The molecule has 18 heavy (non-hydrogen) atoms. The fourth-order valence-corrected chi connectivity index (χ4v) is 2.26. The van der Waals surface area contributed by atoms with Crippen LogP contribution in [0, 0.1) is 0 Å². The summed E-state index contributed by atoms with van der Waals surface area (Å²) >= 11 is 0. The van der Waals surface area contributed by atoms with Crippen molar-refractivity contribution in [2.45, 2.75) is 6.42 Å². The molecule has 0 amide bonds. The molecular weight excluding hydrogens is 224 g/mol. The fraction of sp³-hybridized carbons (Fsp3) is 0.143. The number of nitrogens with zero attached hydrogens (tertiary/aromatic N) is 2. The number of nitrogens with two attached hydrogens (primary N) is 1.